The van der Waals surface area contributed by atoms with Crippen molar-refractivity contribution in [3.8, 4) is 11.4 Å². The van der Waals surface area contributed by atoms with Crippen molar-refractivity contribution in [2.24, 2.45) is 0 Å². The lowest BCUT2D eigenvalue weighted by atomic mass is 10.1. The fourth-order valence-electron chi connectivity index (χ4n) is 2.26. The predicted octanol–water partition coefficient (Wildman–Crippen LogP) is 1.90. The number of anilines is 1. The van der Waals surface area contributed by atoms with Crippen molar-refractivity contribution in [3.63, 3.8) is 0 Å². The topological polar surface area (TPSA) is 112 Å². The molecule has 0 bridgehead atoms. The zero-order chi connectivity index (χ0) is 15.1. The number of aryl methyl sites for hydroxylation is 2. The number of nitro benzene ring substituents is 1. The molecule has 0 aliphatic carbocycles. The van der Waals surface area contributed by atoms with Gasteiger partial charge in [-0.2, -0.15) is 0 Å². The molecule has 3 aromatic rings. The minimum atomic E-state index is -0.471. The standard InChI is InChI=1S/C13H12N6O2/c1-7-5-8(2)18-12(16-17-13(18)15-7)10-6-9(19(20)21)3-4-11(10)14/h3-6H,14H2,1-2H3. The fraction of sp³-hybridized carbons (Fsp3) is 0.154. The molecule has 0 radical (unpaired) electrons. The maximum absolute atomic E-state index is 10.9. The molecule has 2 N–H and O–H groups in total. The zero-order valence-corrected chi connectivity index (χ0v) is 11.4. The molecule has 0 saturated heterocycles. The molecule has 1 aromatic carbocycles. The number of hydrogen-bond donors (Lipinski definition) is 1. The predicted molar refractivity (Wildman–Crippen MR) is 76.8 cm³/mol. The molecule has 0 spiro atoms. The summed E-state index contributed by atoms with van der Waals surface area (Å²) in [7, 11) is 0. The summed E-state index contributed by atoms with van der Waals surface area (Å²) >= 11 is 0. The maximum atomic E-state index is 10.9. The van der Waals surface area contributed by atoms with Gasteiger partial charge in [0.15, 0.2) is 5.82 Å². The monoisotopic (exact) mass is 284 g/mol. The van der Waals surface area contributed by atoms with Gasteiger partial charge in [-0.15, -0.1) is 10.2 Å². The number of non-ortho nitro benzene ring substituents is 1. The summed E-state index contributed by atoms with van der Waals surface area (Å²) in [6.07, 6.45) is 0. The molecule has 0 saturated carbocycles. The van der Waals surface area contributed by atoms with Crippen LogP contribution in [0.15, 0.2) is 24.3 Å². The van der Waals surface area contributed by atoms with Crippen LogP contribution in [0.3, 0.4) is 0 Å². The van der Waals surface area contributed by atoms with Crippen LogP contribution in [0, 0.1) is 24.0 Å². The van der Waals surface area contributed by atoms with Crippen molar-refractivity contribution >= 4 is 17.2 Å². The van der Waals surface area contributed by atoms with E-state index in [4.69, 9.17) is 5.73 Å². The highest BCUT2D eigenvalue weighted by Crippen LogP contribution is 2.29. The quantitative estimate of drug-likeness (QED) is 0.437. The summed E-state index contributed by atoms with van der Waals surface area (Å²) < 4.78 is 1.72. The molecular formula is C13H12N6O2. The molecule has 0 atom stereocenters. The van der Waals surface area contributed by atoms with Gasteiger partial charge in [-0.1, -0.05) is 0 Å². The van der Waals surface area contributed by atoms with Crippen molar-refractivity contribution in [1.29, 1.82) is 0 Å². The van der Waals surface area contributed by atoms with Crippen LogP contribution in [-0.4, -0.2) is 24.5 Å². The third-order valence-electron chi connectivity index (χ3n) is 3.18. The van der Waals surface area contributed by atoms with Gasteiger partial charge in [-0.3, -0.25) is 14.5 Å². The minimum Gasteiger partial charge on any atom is -0.398 e. The Morgan fingerprint density at radius 1 is 1.24 bits per heavy atom. The first-order valence-corrected chi connectivity index (χ1v) is 6.21. The smallest absolute Gasteiger partial charge is 0.270 e. The molecule has 106 valence electrons. The normalized spacial score (nSPS) is 11.0. The third kappa shape index (κ3) is 2.06. The third-order valence-corrected chi connectivity index (χ3v) is 3.18. The lowest BCUT2D eigenvalue weighted by molar-refractivity contribution is -0.384. The Morgan fingerprint density at radius 3 is 2.71 bits per heavy atom. The lowest BCUT2D eigenvalue weighted by Gasteiger charge is -2.06. The highest BCUT2D eigenvalue weighted by Gasteiger charge is 2.17. The first kappa shape index (κ1) is 13.0. The van der Waals surface area contributed by atoms with Crippen molar-refractivity contribution < 1.29 is 4.92 Å². The van der Waals surface area contributed by atoms with Crippen molar-refractivity contribution in [2.75, 3.05) is 5.73 Å². The molecule has 0 unspecified atom stereocenters. The van der Waals surface area contributed by atoms with E-state index >= 15 is 0 Å². The van der Waals surface area contributed by atoms with E-state index in [1.165, 1.54) is 18.2 Å². The van der Waals surface area contributed by atoms with E-state index in [1.807, 2.05) is 19.9 Å². The van der Waals surface area contributed by atoms with Gasteiger partial charge in [0.05, 0.1) is 4.92 Å². The van der Waals surface area contributed by atoms with Gasteiger partial charge >= 0.3 is 0 Å². The summed E-state index contributed by atoms with van der Waals surface area (Å²) in [6.45, 7) is 3.76. The molecule has 0 aliphatic heterocycles. The largest absolute Gasteiger partial charge is 0.398 e. The molecule has 21 heavy (non-hydrogen) atoms. The number of aromatic nitrogens is 4. The van der Waals surface area contributed by atoms with Gasteiger partial charge in [0, 0.05) is 34.8 Å². The Bertz CT molecular complexity index is 870. The van der Waals surface area contributed by atoms with E-state index in [-0.39, 0.29) is 5.69 Å². The van der Waals surface area contributed by atoms with E-state index in [9.17, 15) is 10.1 Å². The van der Waals surface area contributed by atoms with Crippen molar-refractivity contribution in [3.05, 3.63) is 45.8 Å². The highest BCUT2D eigenvalue weighted by atomic mass is 16.6. The molecule has 2 heterocycles. The van der Waals surface area contributed by atoms with Crippen LogP contribution in [0.4, 0.5) is 11.4 Å². The maximum Gasteiger partial charge on any atom is 0.270 e. The average Bonchev–Trinajstić information content (AvgIpc) is 2.82. The van der Waals surface area contributed by atoms with Crippen LogP contribution in [0.5, 0.6) is 0 Å². The number of nitro groups is 1. The van der Waals surface area contributed by atoms with Gasteiger partial charge < -0.3 is 5.73 Å². The summed E-state index contributed by atoms with van der Waals surface area (Å²) in [5.41, 5.74) is 8.44. The van der Waals surface area contributed by atoms with Gasteiger partial charge in [0.2, 0.25) is 0 Å². The first-order valence-electron chi connectivity index (χ1n) is 6.21. The number of fused-ring (bicyclic) bond motifs is 1. The van der Waals surface area contributed by atoms with E-state index in [1.54, 1.807) is 4.40 Å². The van der Waals surface area contributed by atoms with Crippen LogP contribution in [0.2, 0.25) is 0 Å². The van der Waals surface area contributed by atoms with E-state index in [0.717, 1.165) is 11.4 Å². The number of nitrogen functional groups attached to an aromatic ring is 1. The van der Waals surface area contributed by atoms with Crippen LogP contribution >= 0.6 is 0 Å². The molecule has 0 amide bonds. The summed E-state index contributed by atoms with van der Waals surface area (Å²) in [6, 6.07) is 6.13. The van der Waals surface area contributed by atoms with Gasteiger partial charge in [0.25, 0.3) is 11.5 Å². The second kappa shape index (κ2) is 4.51. The molecular weight excluding hydrogens is 272 g/mol. The Kier molecular flexibility index (Phi) is 2.79. The summed E-state index contributed by atoms with van der Waals surface area (Å²) in [5, 5.41) is 19.0. The number of rotatable bonds is 2. The number of hydrogen-bond acceptors (Lipinski definition) is 6. The van der Waals surface area contributed by atoms with Gasteiger partial charge in [-0.05, 0) is 26.0 Å². The summed E-state index contributed by atoms with van der Waals surface area (Å²) in [5.74, 6) is 0.879. The van der Waals surface area contributed by atoms with Crippen LogP contribution in [-0.2, 0) is 0 Å². The Balaban J connectivity index is 2.30. The van der Waals surface area contributed by atoms with E-state index in [2.05, 4.69) is 15.2 Å². The van der Waals surface area contributed by atoms with E-state index in [0.29, 0.717) is 22.9 Å². The van der Waals surface area contributed by atoms with Crippen molar-refractivity contribution in [1.82, 2.24) is 19.6 Å². The Labute approximate surface area is 119 Å². The molecule has 8 nitrogen and oxygen atoms in total. The Morgan fingerprint density at radius 2 is 2.00 bits per heavy atom. The highest BCUT2D eigenvalue weighted by molar-refractivity contribution is 5.75. The molecule has 2 aromatic heterocycles. The second-order valence-corrected chi connectivity index (χ2v) is 4.73. The van der Waals surface area contributed by atoms with Crippen LogP contribution in [0.25, 0.3) is 17.2 Å². The van der Waals surface area contributed by atoms with Crippen molar-refractivity contribution in [2.45, 2.75) is 13.8 Å². The Hall–Kier alpha value is -3.03. The fourth-order valence-corrected chi connectivity index (χ4v) is 2.26. The van der Waals surface area contributed by atoms with Crippen LogP contribution in [0.1, 0.15) is 11.4 Å². The first-order chi connectivity index (χ1) is 9.97. The SMILES string of the molecule is Cc1cc(C)n2c(-c3cc([N+](=O)[O-])ccc3N)nnc2n1. The second-order valence-electron chi connectivity index (χ2n) is 4.73. The number of benzene rings is 1. The van der Waals surface area contributed by atoms with Crippen LogP contribution < -0.4 is 5.73 Å². The molecule has 3 rings (SSSR count). The van der Waals surface area contributed by atoms with E-state index < -0.39 is 4.92 Å². The lowest BCUT2D eigenvalue weighted by Crippen LogP contribution is -2.01. The average molecular weight is 284 g/mol. The minimum absolute atomic E-state index is 0.0475. The zero-order valence-electron chi connectivity index (χ0n) is 11.4. The van der Waals surface area contributed by atoms with Gasteiger partial charge in [-0.25, -0.2) is 4.98 Å². The number of nitrogens with zero attached hydrogens (tertiary/aromatic N) is 5. The molecule has 0 fully saturated rings. The van der Waals surface area contributed by atoms with Gasteiger partial charge in [0.1, 0.15) is 0 Å². The molecule has 8 heteroatoms. The summed E-state index contributed by atoms with van der Waals surface area (Å²) in [4.78, 5) is 14.7. The molecule has 0 aliphatic rings. The number of nitrogens with two attached hydrogens (primary N) is 1.